The van der Waals surface area contributed by atoms with E-state index in [1.165, 1.54) is 62.7 Å². The van der Waals surface area contributed by atoms with Gasteiger partial charge in [-0.05, 0) is 98.9 Å². The molecule has 0 amide bonds. The monoisotopic (exact) mass is 411 g/mol. The van der Waals surface area contributed by atoms with E-state index in [1.807, 2.05) is 0 Å². The zero-order chi connectivity index (χ0) is 21.7. The molecule has 0 unspecified atom stereocenters. The van der Waals surface area contributed by atoms with Gasteiger partial charge in [0.1, 0.15) is 0 Å². The minimum atomic E-state index is -0.0723. The fourth-order valence-corrected chi connectivity index (χ4v) is 7.66. The average molecular weight is 412 g/mol. The number of hydrogen-bond donors (Lipinski definition) is 1. The summed E-state index contributed by atoms with van der Waals surface area (Å²) < 4.78 is 0. The molecule has 0 aromatic carbocycles. The van der Waals surface area contributed by atoms with Gasteiger partial charge in [0.25, 0.3) is 0 Å². The molecule has 0 radical (unpaired) electrons. The highest BCUT2D eigenvalue weighted by molar-refractivity contribution is 6.06. The Morgan fingerprint density at radius 3 is 2.60 bits per heavy atom. The molecule has 30 heavy (non-hydrogen) atoms. The van der Waals surface area contributed by atoms with Crippen molar-refractivity contribution < 1.29 is 5.11 Å². The third-order valence-corrected chi connectivity index (χ3v) is 9.92. The lowest BCUT2D eigenvalue weighted by Crippen LogP contribution is -2.50. The Labute approximate surface area is 185 Å². The fraction of sp³-hybridized carbons (Fsp3) is 0.821. The van der Waals surface area contributed by atoms with Crippen molar-refractivity contribution in [1.82, 2.24) is 0 Å². The maximum Gasteiger partial charge on any atom is 0.0543 e. The first-order chi connectivity index (χ1) is 14.2. The molecular formula is C28H45NO. The Balaban J connectivity index is 1.58. The predicted octanol–water partition coefficient (Wildman–Crippen LogP) is 7.13. The highest BCUT2D eigenvalue weighted by atomic mass is 16.3. The molecule has 4 aliphatic rings. The van der Waals surface area contributed by atoms with Crippen molar-refractivity contribution in [1.29, 1.82) is 0 Å². The molecule has 4 rings (SSSR count). The van der Waals surface area contributed by atoms with Crippen molar-refractivity contribution in [3.05, 3.63) is 23.3 Å². The molecule has 0 bridgehead atoms. The summed E-state index contributed by atoms with van der Waals surface area (Å²) in [6.45, 7) is 17.4. The molecular weight excluding hydrogens is 366 g/mol. The lowest BCUT2D eigenvalue weighted by atomic mass is 9.50. The van der Waals surface area contributed by atoms with Gasteiger partial charge in [0.2, 0.25) is 0 Å². The lowest BCUT2D eigenvalue weighted by Gasteiger charge is -2.55. The minimum Gasteiger partial charge on any atom is -0.393 e. The summed E-state index contributed by atoms with van der Waals surface area (Å²) in [4.78, 5) is 5.24. The van der Waals surface area contributed by atoms with Gasteiger partial charge in [-0.3, -0.25) is 4.99 Å². The zero-order valence-electron chi connectivity index (χ0n) is 20.3. The molecule has 6 atom stereocenters. The molecule has 2 nitrogen and oxygen atoms in total. The molecule has 0 spiro atoms. The molecule has 0 aromatic rings. The van der Waals surface area contributed by atoms with Crippen LogP contribution in [0, 0.1) is 34.5 Å². The van der Waals surface area contributed by atoms with Gasteiger partial charge in [-0.2, -0.15) is 0 Å². The summed E-state index contributed by atoms with van der Waals surface area (Å²) in [5.41, 5.74) is 6.87. The van der Waals surface area contributed by atoms with Crippen molar-refractivity contribution in [3.63, 3.8) is 0 Å². The van der Waals surface area contributed by atoms with Crippen LogP contribution in [-0.4, -0.2) is 23.5 Å². The summed E-state index contributed by atoms with van der Waals surface area (Å²) in [5.74, 6) is 2.75. The summed E-state index contributed by atoms with van der Waals surface area (Å²) in [7, 11) is 0. The summed E-state index contributed by atoms with van der Waals surface area (Å²) in [6, 6.07) is 0. The van der Waals surface area contributed by atoms with Gasteiger partial charge in [-0.1, -0.05) is 52.3 Å². The van der Waals surface area contributed by atoms with Gasteiger partial charge in [-0.25, -0.2) is 0 Å². The van der Waals surface area contributed by atoms with Gasteiger partial charge in [0.05, 0.1) is 6.10 Å². The summed E-state index contributed by atoms with van der Waals surface area (Å²) in [6.07, 6.45) is 11.8. The van der Waals surface area contributed by atoms with E-state index in [1.54, 1.807) is 11.1 Å². The van der Waals surface area contributed by atoms with Crippen molar-refractivity contribution >= 4 is 5.71 Å². The Morgan fingerprint density at radius 2 is 1.87 bits per heavy atom. The quantitative estimate of drug-likeness (QED) is 0.479. The molecule has 1 fully saturated rings. The van der Waals surface area contributed by atoms with Crippen LogP contribution < -0.4 is 0 Å². The predicted molar refractivity (Wildman–Crippen MR) is 128 cm³/mol. The van der Waals surface area contributed by atoms with Crippen molar-refractivity contribution in [2.45, 2.75) is 105 Å². The highest BCUT2D eigenvalue weighted by Gasteiger charge is 2.52. The van der Waals surface area contributed by atoms with Crippen molar-refractivity contribution in [3.8, 4) is 0 Å². The number of aliphatic imine (C=N–C) groups is 1. The standard InChI is InChI=1S/C28H45NO/c1-18(2)19(3)7-8-20(4)24-13-16-29-26-23-10-9-21-17-22(30)11-14-27(21,5)25(23)12-15-28(24,26)6/h18,20-22,24,30H,3,7-17H2,1-2,4-6H3/t20-,21-,22+,24-,27+,28-/m1/s1. The highest BCUT2D eigenvalue weighted by Crippen LogP contribution is 2.60. The van der Waals surface area contributed by atoms with Crippen LogP contribution in [-0.2, 0) is 0 Å². The van der Waals surface area contributed by atoms with E-state index >= 15 is 0 Å². The number of nitrogens with zero attached hydrogens (tertiary/aromatic N) is 1. The number of fused-ring (bicyclic) bond motifs is 4. The normalized spacial score (nSPS) is 39.7. The van der Waals surface area contributed by atoms with Crippen LogP contribution in [0.5, 0.6) is 0 Å². The average Bonchev–Trinajstić information content (AvgIpc) is 2.71. The Bertz CT molecular complexity index is 746. The van der Waals surface area contributed by atoms with Gasteiger partial charge in [0, 0.05) is 17.7 Å². The molecule has 1 N–H and O–H groups in total. The number of hydrogen-bond acceptors (Lipinski definition) is 2. The molecule has 1 heterocycles. The first-order valence-electron chi connectivity index (χ1n) is 12.8. The van der Waals surface area contributed by atoms with E-state index < -0.39 is 0 Å². The minimum absolute atomic E-state index is 0.0723. The lowest BCUT2D eigenvalue weighted by molar-refractivity contribution is 0.0239. The van der Waals surface area contributed by atoms with Crippen LogP contribution in [0.4, 0.5) is 0 Å². The second kappa shape index (κ2) is 8.23. The first kappa shape index (κ1) is 22.3. The van der Waals surface area contributed by atoms with Crippen LogP contribution in [0.3, 0.4) is 0 Å². The molecule has 168 valence electrons. The molecule has 0 aromatic heterocycles. The third kappa shape index (κ3) is 3.65. The molecule has 3 aliphatic carbocycles. The van der Waals surface area contributed by atoms with Gasteiger partial charge in [0.15, 0.2) is 0 Å². The summed E-state index contributed by atoms with van der Waals surface area (Å²) in [5, 5.41) is 10.3. The van der Waals surface area contributed by atoms with E-state index in [0.29, 0.717) is 17.3 Å². The van der Waals surface area contributed by atoms with E-state index in [0.717, 1.165) is 31.2 Å². The molecule has 1 aliphatic heterocycles. The Kier molecular flexibility index (Phi) is 6.12. The number of aliphatic hydroxyl groups excluding tert-OH is 1. The van der Waals surface area contributed by atoms with Crippen LogP contribution in [0.25, 0.3) is 0 Å². The maximum atomic E-state index is 10.3. The van der Waals surface area contributed by atoms with Crippen molar-refractivity contribution in [2.24, 2.45) is 39.5 Å². The SMILES string of the molecule is C=C(CC[C@@H](C)[C@H]1CCN=C2C3=C(CC[C@@]21C)[C@@]1(C)CC[C@H](O)C[C@H]1CC3)C(C)C. The van der Waals surface area contributed by atoms with E-state index in [9.17, 15) is 5.11 Å². The molecule has 2 heteroatoms. The largest absolute Gasteiger partial charge is 0.393 e. The number of rotatable bonds is 5. The number of allylic oxidation sites excluding steroid dienone is 3. The maximum absolute atomic E-state index is 10.3. The smallest absolute Gasteiger partial charge is 0.0543 e. The first-order valence-corrected chi connectivity index (χ1v) is 12.8. The van der Waals surface area contributed by atoms with Gasteiger partial charge >= 0.3 is 0 Å². The fourth-order valence-electron chi connectivity index (χ4n) is 7.66. The topological polar surface area (TPSA) is 32.6 Å². The van der Waals surface area contributed by atoms with Crippen molar-refractivity contribution in [2.75, 3.05) is 6.54 Å². The van der Waals surface area contributed by atoms with E-state index in [-0.39, 0.29) is 11.5 Å². The van der Waals surface area contributed by atoms with Crippen LogP contribution in [0.15, 0.2) is 28.3 Å². The van der Waals surface area contributed by atoms with Crippen LogP contribution >= 0.6 is 0 Å². The zero-order valence-corrected chi connectivity index (χ0v) is 20.3. The Hall–Kier alpha value is -0.890. The van der Waals surface area contributed by atoms with E-state index in [2.05, 4.69) is 41.2 Å². The molecule has 0 saturated heterocycles. The summed E-state index contributed by atoms with van der Waals surface area (Å²) >= 11 is 0. The van der Waals surface area contributed by atoms with Crippen LogP contribution in [0.1, 0.15) is 98.8 Å². The van der Waals surface area contributed by atoms with Gasteiger partial charge in [-0.15, -0.1) is 0 Å². The molecule has 1 saturated carbocycles. The Morgan fingerprint density at radius 1 is 1.10 bits per heavy atom. The number of aliphatic hydroxyl groups is 1. The second-order valence-corrected chi connectivity index (χ2v) is 11.9. The van der Waals surface area contributed by atoms with Gasteiger partial charge < -0.3 is 5.11 Å². The van der Waals surface area contributed by atoms with Crippen LogP contribution in [0.2, 0.25) is 0 Å². The van der Waals surface area contributed by atoms with E-state index in [4.69, 9.17) is 4.99 Å². The second-order valence-electron chi connectivity index (χ2n) is 11.9. The third-order valence-electron chi connectivity index (χ3n) is 9.92.